The molecule has 0 fully saturated rings. The molecule has 1 atom stereocenters. The van der Waals surface area contributed by atoms with Gasteiger partial charge in [-0.15, -0.1) is 5.10 Å². The normalized spacial score (nSPS) is 13.4. The SMILES string of the molecule is COCCn1nnnc1C(c1cc2cc3c(cc2[nH]c1=O)OCO3)N(Cc1ccco1)Cc1ccccc1Cl. The zero-order valence-electron chi connectivity index (χ0n) is 21.0. The van der Waals surface area contributed by atoms with Gasteiger partial charge in [0.05, 0.1) is 31.5 Å². The highest BCUT2D eigenvalue weighted by Crippen LogP contribution is 2.37. The number of H-pyrrole nitrogens is 1. The predicted octanol–water partition coefficient (Wildman–Crippen LogP) is 3.93. The van der Waals surface area contributed by atoms with Gasteiger partial charge in [0.25, 0.3) is 5.56 Å². The van der Waals surface area contributed by atoms with Crippen LogP contribution < -0.4 is 15.0 Å². The number of fused-ring (bicyclic) bond motifs is 2. The number of hydrogen-bond acceptors (Lipinski definition) is 9. The number of pyridine rings is 1. The molecule has 4 heterocycles. The van der Waals surface area contributed by atoms with E-state index in [0.29, 0.717) is 65.4 Å². The van der Waals surface area contributed by atoms with Crippen molar-refractivity contribution in [2.24, 2.45) is 0 Å². The number of rotatable bonds is 10. The number of methoxy groups -OCH3 is 1. The molecule has 12 heteroatoms. The maximum atomic E-state index is 13.7. The van der Waals surface area contributed by atoms with Gasteiger partial charge < -0.3 is 23.6 Å². The molecular weight excluding hydrogens is 524 g/mol. The quantitative estimate of drug-likeness (QED) is 0.277. The van der Waals surface area contributed by atoms with Gasteiger partial charge in [-0.2, -0.15) is 0 Å². The van der Waals surface area contributed by atoms with Gasteiger partial charge in [0.15, 0.2) is 17.3 Å². The maximum Gasteiger partial charge on any atom is 0.253 e. The van der Waals surface area contributed by atoms with Crippen LogP contribution in [0.1, 0.15) is 28.8 Å². The van der Waals surface area contributed by atoms with Crippen molar-refractivity contribution < 1.29 is 18.6 Å². The minimum atomic E-state index is -0.670. The van der Waals surface area contributed by atoms with Crippen molar-refractivity contribution in [3.63, 3.8) is 0 Å². The fourth-order valence-corrected chi connectivity index (χ4v) is 4.94. The van der Waals surface area contributed by atoms with Gasteiger partial charge in [0.2, 0.25) is 6.79 Å². The molecule has 0 radical (unpaired) electrons. The number of ether oxygens (including phenoxy) is 3. The third-order valence-electron chi connectivity index (χ3n) is 6.61. The van der Waals surface area contributed by atoms with Crippen molar-refractivity contribution in [1.82, 2.24) is 30.1 Å². The molecule has 0 saturated carbocycles. The van der Waals surface area contributed by atoms with Crippen molar-refractivity contribution in [3.05, 3.63) is 98.9 Å². The van der Waals surface area contributed by atoms with Crippen molar-refractivity contribution in [2.75, 3.05) is 20.5 Å². The minimum Gasteiger partial charge on any atom is -0.468 e. The number of aromatic nitrogens is 5. The van der Waals surface area contributed by atoms with Crippen LogP contribution in [-0.4, -0.2) is 50.6 Å². The van der Waals surface area contributed by atoms with Crippen LogP contribution in [0, 0.1) is 0 Å². The summed E-state index contributed by atoms with van der Waals surface area (Å²) >= 11 is 6.58. The van der Waals surface area contributed by atoms with Crippen LogP contribution >= 0.6 is 11.6 Å². The fraction of sp³-hybridized carbons (Fsp3) is 0.259. The average Bonchev–Trinajstić information content (AvgIpc) is 3.71. The maximum absolute atomic E-state index is 13.7. The molecule has 3 aromatic heterocycles. The molecule has 0 aliphatic carbocycles. The lowest BCUT2D eigenvalue weighted by molar-refractivity contribution is 0.163. The zero-order valence-corrected chi connectivity index (χ0v) is 21.8. The third kappa shape index (κ3) is 5.11. The van der Waals surface area contributed by atoms with Gasteiger partial charge in [-0.25, -0.2) is 4.68 Å². The minimum absolute atomic E-state index is 0.133. The summed E-state index contributed by atoms with van der Waals surface area (Å²) in [5.74, 6) is 2.40. The number of nitrogens with one attached hydrogen (secondary N) is 1. The molecule has 1 aliphatic heterocycles. The summed E-state index contributed by atoms with van der Waals surface area (Å²) in [6.07, 6.45) is 1.62. The van der Waals surface area contributed by atoms with Crippen LogP contribution in [0.4, 0.5) is 0 Å². The van der Waals surface area contributed by atoms with Crippen LogP contribution in [0.15, 0.2) is 70.1 Å². The number of aromatic amines is 1. The largest absolute Gasteiger partial charge is 0.468 e. The standard InChI is InChI=1S/C27H25ClN6O5/c1-36-10-8-34-26(30-31-32-34)25(20-11-18-12-23-24(39-16-38-23)13-22(18)29-27(20)35)33(15-19-6-4-9-37-19)14-17-5-2-3-7-21(17)28/h2-7,9,11-13,25H,8,10,14-16H2,1H3,(H,29,35). The molecule has 11 nitrogen and oxygen atoms in total. The highest BCUT2D eigenvalue weighted by Gasteiger charge is 2.32. The molecule has 1 unspecified atom stereocenters. The Kier molecular flexibility index (Phi) is 7.01. The van der Waals surface area contributed by atoms with Crippen LogP contribution in [0.3, 0.4) is 0 Å². The summed E-state index contributed by atoms with van der Waals surface area (Å²) in [6, 6.07) is 16.1. The Bertz CT molecular complexity index is 1650. The summed E-state index contributed by atoms with van der Waals surface area (Å²) in [4.78, 5) is 18.8. The molecule has 6 rings (SSSR count). The zero-order chi connectivity index (χ0) is 26.8. The lowest BCUT2D eigenvalue weighted by Crippen LogP contribution is -2.35. The van der Waals surface area contributed by atoms with Crippen molar-refractivity contribution >= 4 is 22.5 Å². The smallest absolute Gasteiger partial charge is 0.253 e. The molecule has 1 aliphatic rings. The molecule has 5 aromatic rings. The molecule has 0 amide bonds. The monoisotopic (exact) mass is 548 g/mol. The van der Waals surface area contributed by atoms with Crippen LogP contribution in [0.25, 0.3) is 10.9 Å². The van der Waals surface area contributed by atoms with Crippen molar-refractivity contribution in [1.29, 1.82) is 0 Å². The van der Waals surface area contributed by atoms with E-state index in [1.54, 1.807) is 24.1 Å². The van der Waals surface area contributed by atoms with E-state index in [4.69, 9.17) is 30.2 Å². The Labute approximate surface area is 227 Å². The Morgan fingerprint density at radius 2 is 1.97 bits per heavy atom. The summed E-state index contributed by atoms with van der Waals surface area (Å²) in [6.45, 7) is 1.68. The number of hydrogen-bond donors (Lipinski definition) is 1. The topological polar surface area (TPSA) is 121 Å². The lowest BCUT2D eigenvalue weighted by atomic mass is 10.0. The number of benzene rings is 2. The van der Waals surface area contributed by atoms with Gasteiger partial charge in [-0.3, -0.25) is 9.69 Å². The first-order valence-electron chi connectivity index (χ1n) is 12.3. The van der Waals surface area contributed by atoms with Gasteiger partial charge in [-0.05, 0) is 46.3 Å². The second-order valence-corrected chi connectivity index (χ2v) is 9.49. The molecule has 2 aromatic carbocycles. The van der Waals surface area contributed by atoms with Crippen molar-refractivity contribution in [3.8, 4) is 11.5 Å². The highest BCUT2D eigenvalue weighted by molar-refractivity contribution is 6.31. The van der Waals surface area contributed by atoms with Crippen LogP contribution in [0.2, 0.25) is 5.02 Å². The Morgan fingerprint density at radius 3 is 2.77 bits per heavy atom. The van der Waals surface area contributed by atoms with Gasteiger partial charge >= 0.3 is 0 Å². The van der Waals surface area contributed by atoms with Gasteiger partial charge in [0, 0.05) is 35.7 Å². The average molecular weight is 549 g/mol. The summed E-state index contributed by atoms with van der Waals surface area (Å²) in [5, 5.41) is 13.9. The summed E-state index contributed by atoms with van der Waals surface area (Å²) in [7, 11) is 1.61. The second-order valence-electron chi connectivity index (χ2n) is 9.08. The molecule has 1 N–H and O–H groups in total. The van der Waals surface area contributed by atoms with E-state index in [1.165, 1.54) is 0 Å². The van der Waals surface area contributed by atoms with E-state index in [0.717, 1.165) is 10.9 Å². The van der Waals surface area contributed by atoms with Crippen molar-refractivity contribution in [2.45, 2.75) is 25.7 Å². The molecule has 0 bridgehead atoms. The first kappa shape index (κ1) is 25.1. The van der Waals surface area contributed by atoms with E-state index >= 15 is 0 Å². The number of furan rings is 1. The Hall–Kier alpha value is -4.19. The van der Waals surface area contributed by atoms with E-state index in [-0.39, 0.29) is 12.4 Å². The summed E-state index contributed by atoms with van der Waals surface area (Å²) in [5.41, 5.74) is 1.69. The Balaban J connectivity index is 1.53. The first-order chi connectivity index (χ1) is 19.1. The lowest BCUT2D eigenvalue weighted by Gasteiger charge is -2.30. The molecule has 0 saturated heterocycles. The fourth-order valence-electron chi connectivity index (χ4n) is 4.75. The van der Waals surface area contributed by atoms with Crippen LogP contribution in [0.5, 0.6) is 11.5 Å². The van der Waals surface area contributed by atoms with E-state index in [9.17, 15) is 4.79 Å². The van der Waals surface area contributed by atoms with Gasteiger partial charge in [0.1, 0.15) is 11.8 Å². The second kappa shape index (κ2) is 10.9. The van der Waals surface area contributed by atoms with E-state index < -0.39 is 6.04 Å². The highest BCUT2D eigenvalue weighted by atomic mass is 35.5. The predicted molar refractivity (Wildman–Crippen MR) is 142 cm³/mol. The van der Waals surface area contributed by atoms with E-state index in [2.05, 4.69) is 25.4 Å². The molecule has 0 spiro atoms. The van der Waals surface area contributed by atoms with Gasteiger partial charge in [-0.1, -0.05) is 29.8 Å². The van der Waals surface area contributed by atoms with E-state index in [1.807, 2.05) is 48.5 Å². The number of tetrazole rings is 1. The van der Waals surface area contributed by atoms with Crippen LogP contribution in [-0.2, 0) is 24.4 Å². The molecule has 200 valence electrons. The number of nitrogens with zero attached hydrogens (tertiary/aromatic N) is 5. The summed E-state index contributed by atoms with van der Waals surface area (Å²) < 4.78 is 23.7. The first-order valence-corrected chi connectivity index (χ1v) is 12.7. The molecule has 39 heavy (non-hydrogen) atoms. The number of halogens is 1. The Morgan fingerprint density at radius 1 is 1.13 bits per heavy atom. The molecular formula is C27H25ClN6O5. The third-order valence-corrected chi connectivity index (χ3v) is 6.98.